The van der Waals surface area contributed by atoms with Crippen LogP contribution in [0.25, 0.3) is 0 Å². The van der Waals surface area contributed by atoms with E-state index in [-0.39, 0.29) is 24.7 Å². The summed E-state index contributed by atoms with van der Waals surface area (Å²) >= 11 is 0. The number of aliphatic imine (C=N–C) groups is 2. The first-order valence-electron chi connectivity index (χ1n) is 12.5. The second-order valence-electron chi connectivity index (χ2n) is 8.28. The fraction of sp³-hybridized carbons (Fsp3) is 0.200. The van der Waals surface area contributed by atoms with Gasteiger partial charge in [0.1, 0.15) is 13.2 Å². The van der Waals surface area contributed by atoms with E-state index in [1.54, 1.807) is 61.2 Å². The van der Waals surface area contributed by atoms with Gasteiger partial charge in [0.25, 0.3) is 0 Å². The molecule has 0 bridgehead atoms. The van der Waals surface area contributed by atoms with Crippen LogP contribution in [0.3, 0.4) is 0 Å². The molecule has 4 rings (SSSR count). The second kappa shape index (κ2) is 14.8. The molecular formula is C30H30N4O5. The van der Waals surface area contributed by atoms with Gasteiger partial charge >= 0.3 is 0 Å². The van der Waals surface area contributed by atoms with Gasteiger partial charge in [0, 0.05) is 35.9 Å². The van der Waals surface area contributed by atoms with Gasteiger partial charge in [-0.2, -0.15) is 0 Å². The maximum atomic E-state index is 10.5. The molecule has 0 saturated heterocycles. The summed E-state index contributed by atoms with van der Waals surface area (Å²) in [5.74, 6) is 0.736. The van der Waals surface area contributed by atoms with Gasteiger partial charge < -0.3 is 24.4 Å². The van der Waals surface area contributed by atoms with Crippen molar-refractivity contribution in [2.45, 2.75) is 13.1 Å². The van der Waals surface area contributed by atoms with Gasteiger partial charge in [-0.25, -0.2) is 0 Å². The molecule has 0 atom stereocenters. The number of phenols is 2. The summed E-state index contributed by atoms with van der Waals surface area (Å²) in [5, 5.41) is 21.0. The van der Waals surface area contributed by atoms with Crippen molar-refractivity contribution >= 4 is 12.4 Å². The maximum Gasteiger partial charge on any atom is 0.166 e. The first kappa shape index (κ1) is 27.3. The van der Waals surface area contributed by atoms with Gasteiger partial charge in [-0.3, -0.25) is 20.0 Å². The molecule has 0 aliphatic carbocycles. The SMILES string of the molecule is Oc1c(C=NCc2ccccn2)cccc1OCCOCCOc1cccc(C=NCc2ccccn2)c1O. The topological polar surface area (TPSA) is 119 Å². The van der Waals surface area contributed by atoms with E-state index in [0.29, 0.717) is 48.9 Å². The van der Waals surface area contributed by atoms with Crippen LogP contribution in [0, 0.1) is 0 Å². The minimum atomic E-state index is 0.0181. The number of para-hydroxylation sites is 2. The van der Waals surface area contributed by atoms with E-state index in [4.69, 9.17) is 14.2 Å². The number of pyridine rings is 2. The summed E-state index contributed by atoms with van der Waals surface area (Å²) in [5.41, 5.74) is 2.80. The molecular weight excluding hydrogens is 496 g/mol. The Morgan fingerprint density at radius 1 is 0.590 bits per heavy atom. The molecule has 39 heavy (non-hydrogen) atoms. The predicted molar refractivity (Wildman–Crippen MR) is 149 cm³/mol. The number of hydrogen-bond donors (Lipinski definition) is 2. The van der Waals surface area contributed by atoms with Gasteiger partial charge in [0.2, 0.25) is 0 Å². The summed E-state index contributed by atoms with van der Waals surface area (Å²) in [7, 11) is 0. The van der Waals surface area contributed by atoms with Crippen molar-refractivity contribution in [1.82, 2.24) is 9.97 Å². The smallest absolute Gasteiger partial charge is 0.166 e. The standard InChI is InChI=1S/C30H30N4O5/c35-29-23(19-31-21-25-9-1-3-13-33-25)7-5-11-27(29)38-17-15-37-16-18-39-28-12-6-8-24(30(28)36)20-32-22-26-10-2-4-14-34-26/h1-14,19-20,35-36H,15-18,21-22H2. The van der Waals surface area contributed by atoms with E-state index in [1.165, 1.54) is 0 Å². The monoisotopic (exact) mass is 526 g/mol. The highest BCUT2D eigenvalue weighted by atomic mass is 16.5. The van der Waals surface area contributed by atoms with E-state index in [9.17, 15) is 10.2 Å². The maximum absolute atomic E-state index is 10.5. The van der Waals surface area contributed by atoms with Gasteiger partial charge in [-0.1, -0.05) is 24.3 Å². The third kappa shape index (κ3) is 8.65. The van der Waals surface area contributed by atoms with Crippen LogP contribution < -0.4 is 9.47 Å². The van der Waals surface area contributed by atoms with Crippen molar-refractivity contribution in [3.63, 3.8) is 0 Å². The van der Waals surface area contributed by atoms with Crippen molar-refractivity contribution < 1.29 is 24.4 Å². The first-order chi connectivity index (χ1) is 19.2. The minimum Gasteiger partial charge on any atom is -0.504 e. The van der Waals surface area contributed by atoms with E-state index in [0.717, 1.165) is 11.4 Å². The Morgan fingerprint density at radius 2 is 1.08 bits per heavy atom. The van der Waals surface area contributed by atoms with Crippen LogP contribution in [0.5, 0.6) is 23.0 Å². The number of aromatic nitrogens is 2. The molecule has 9 heteroatoms. The molecule has 9 nitrogen and oxygen atoms in total. The molecule has 2 N–H and O–H groups in total. The number of rotatable bonds is 14. The van der Waals surface area contributed by atoms with E-state index < -0.39 is 0 Å². The van der Waals surface area contributed by atoms with E-state index in [2.05, 4.69) is 20.0 Å². The summed E-state index contributed by atoms with van der Waals surface area (Å²) in [6.07, 6.45) is 6.63. The van der Waals surface area contributed by atoms with Crippen LogP contribution in [0.1, 0.15) is 22.5 Å². The average Bonchev–Trinajstić information content (AvgIpc) is 2.97. The van der Waals surface area contributed by atoms with Crippen molar-refractivity contribution in [3.8, 4) is 23.0 Å². The zero-order valence-electron chi connectivity index (χ0n) is 21.4. The fourth-order valence-corrected chi connectivity index (χ4v) is 3.50. The van der Waals surface area contributed by atoms with Crippen LogP contribution >= 0.6 is 0 Å². The number of ether oxygens (including phenoxy) is 3. The Bertz CT molecular complexity index is 1260. The van der Waals surface area contributed by atoms with Crippen LogP contribution in [-0.2, 0) is 17.8 Å². The Hall–Kier alpha value is -4.76. The molecule has 0 amide bonds. The molecule has 0 radical (unpaired) electrons. The van der Waals surface area contributed by atoms with E-state index in [1.807, 2.05) is 36.4 Å². The number of benzene rings is 2. The third-order valence-corrected chi connectivity index (χ3v) is 5.45. The molecule has 0 spiro atoms. The third-order valence-electron chi connectivity index (χ3n) is 5.45. The van der Waals surface area contributed by atoms with Crippen molar-refractivity contribution in [1.29, 1.82) is 0 Å². The molecule has 0 unspecified atom stereocenters. The fourth-order valence-electron chi connectivity index (χ4n) is 3.50. The first-order valence-corrected chi connectivity index (χ1v) is 12.5. The Labute approximate surface area is 227 Å². The highest BCUT2D eigenvalue weighted by Gasteiger charge is 2.08. The molecule has 0 aliphatic heterocycles. The predicted octanol–water partition coefficient (Wildman–Crippen LogP) is 4.60. The lowest BCUT2D eigenvalue weighted by Gasteiger charge is -2.11. The quantitative estimate of drug-likeness (QED) is 0.182. The van der Waals surface area contributed by atoms with Crippen LogP contribution in [0.4, 0.5) is 0 Å². The zero-order valence-corrected chi connectivity index (χ0v) is 21.4. The highest BCUT2D eigenvalue weighted by Crippen LogP contribution is 2.29. The average molecular weight is 527 g/mol. The summed E-state index contributed by atoms with van der Waals surface area (Å²) < 4.78 is 16.9. The summed E-state index contributed by atoms with van der Waals surface area (Å²) in [6, 6.07) is 21.8. The molecule has 2 aromatic heterocycles. The largest absolute Gasteiger partial charge is 0.504 e. The van der Waals surface area contributed by atoms with Crippen LogP contribution in [0.2, 0.25) is 0 Å². The molecule has 200 valence electrons. The highest BCUT2D eigenvalue weighted by molar-refractivity contribution is 5.85. The molecule has 0 saturated carbocycles. The number of aromatic hydroxyl groups is 2. The summed E-state index contributed by atoms with van der Waals surface area (Å²) in [4.78, 5) is 17.1. The Balaban J connectivity index is 1.16. The molecule has 2 heterocycles. The van der Waals surface area contributed by atoms with Crippen molar-refractivity contribution in [3.05, 3.63) is 108 Å². The van der Waals surface area contributed by atoms with E-state index >= 15 is 0 Å². The lowest BCUT2D eigenvalue weighted by Crippen LogP contribution is -2.12. The minimum absolute atomic E-state index is 0.0181. The number of hydrogen-bond acceptors (Lipinski definition) is 9. The number of nitrogens with zero attached hydrogens (tertiary/aromatic N) is 4. The van der Waals surface area contributed by atoms with Crippen LogP contribution in [0.15, 0.2) is 95.2 Å². The molecule has 2 aromatic carbocycles. The van der Waals surface area contributed by atoms with Gasteiger partial charge in [0.05, 0.1) is 37.7 Å². The lowest BCUT2D eigenvalue weighted by molar-refractivity contribution is 0.0751. The Morgan fingerprint density at radius 3 is 1.51 bits per heavy atom. The van der Waals surface area contributed by atoms with Crippen LogP contribution in [-0.4, -0.2) is 59.0 Å². The normalized spacial score (nSPS) is 11.3. The molecule has 4 aromatic rings. The Kier molecular flexibility index (Phi) is 10.4. The van der Waals surface area contributed by atoms with Gasteiger partial charge in [-0.15, -0.1) is 0 Å². The van der Waals surface area contributed by atoms with Crippen molar-refractivity contribution in [2.24, 2.45) is 9.98 Å². The second-order valence-corrected chi connectivity index (χ2v) is 8.28. The lowest BCUT2D eigenvalue weighted by atomic mass is 10.2. The van der Waals surface area contributed by atoms with Crippen molar-refractivity contribution in [2.75, 3.05) is 26.4 Å². The summed E-state index contributed by atoms with van der Waals surface area (Å²) in [6.45, 7) is 1.93. The number of phenolic OH excluding ortho intramolecular Hbond substituents is 2. The van der Waals surface area contributed by atoms with Gasteiger partial charge in [0.15, 0.2) is 23.0 Å². The zero-order chi connectivity index (χ0) is 27.1. The molecule has 0 aliphatic rings. The van der Waals surface area contributed by atoms with Gasteiger partial charge in [-0.05, 0) is 48.5 Å². The molecule has 0 fully saturated rings.